The Morgan fingerprint density at radius 1 is 1.69 bits per heavy atom. The zero-order valence-electron chi connectivity index (χ0n) is 7.49. The van der Waals surface area contributed by atoms with Gasteiger partial charge in [0.2, 0.25) is 5.91 Å². The van der Waals surface area contributed by atoms with Crippen LogP contribution < -0.4 is 16.9 Å². The van der Waals surface area contributed by atoms with E-state index in [-0.39, 0.29) is 16.3 Å². The van der Waals surface area contributed by atoms with Gasteiger partial charge in [-0.05, 0) is 19.8 Å². The second-order valence-corrected chi connectivity index (χ2v) is 4.37. The van der Waals surface area contributed by atoms with Gasteiger partial charge in [-0.2, -0.15) is 5.10 Å². The number of rotatable bonds is 3. The normalized spacial score (nSPS) is 19.6. The number of carbonyl (C=O) groups is 1. The number of nitrogens with two attached hydrogens (primary N) is 2. The van der Waals surface area contributed by atoms with E-state index in [1.54, 1.807) is 6.92 Å². The first kappa shape index (κ1) is 10.2. The van der Waals surface area contributed by atoms with Crippen LogP contribution in [-0.4, -0.2) is 22.4 Å². The monoisotopic (exact) mass is 202 g/mol. The molecule has 1 aliphatic rings. The van der Waals surface area contributed by atoms with E-state index < -0.39 is 0 Å². The molecule has 0 saturated heterocycles. The van der Waals surface area contributed by atoms with Crippen molar-refractivity contribution in [1.29, 1.82) is 0 Å². The molecule has 1 aliphatic carbocycles. The topological polar surface area (TPSA) is 93.5 Å². The Kier molecular flexibility index (Phi) is 3.41. The van der Waals surface area contributed by atoms with E-state index in [4.69, 9.17) is 11.6 Å². The molecule has 0 aromatic rings. The predicted molar refractivity (Wildman–Crippen MR) is 54.0 cm³/mol. The average molecular weight is 202 g/mol. The molecule has 0 aromatic carbocycles. The van der Waals surface area contributed by atoms with Crippen molar-refractivity contribution in [1.82, 2.24) is 5.32 Å². The van der Waals surface area contributed by atoms with E-state index >= 15 is 0 Å². The number of nitrogens with one attached hydrogen (secondary N) is 1. The van der Waals surface area contributed by atoms with Crippen molar-refractivity contribution in [3.63, 3.8) is 0 Å². The van der Waals surface area contributed by atoms with Crippen molar-refractivity contribution in [2.45, 2.75) is 31.1 Å². The van der Waals surface area contributed by atoms with Gasteiger partial charge >= 0.3 is 0 Å². The second-order valence-electron chi connectivity index (χ2n) is 3.01. The van der Waals surface area contributed by atoms with Gasteiger partial charge in [-0.1, -0.05) is 11.8 Å². The van der Waals surface area contributed by atoms with Gasteiger partial charge in [0.25, 0.3) is 0 Å². The maximum absolute atomic E-state index is 11.4. The summed E-state index contributed by atoms with van der Waals surface area (Å²) in [5, 5.41) is 6.16. The third-order valence-corrected chi connectivity index (χ3v) is 2.63. The van der Waals surface area contributed by atoms with Gasteiger partial charge in [0.15, 0.2) is 5.17 Å². The minimum Gasteiger partial charge on any atom is -0.377 e. The van der Waals surface area contributed by atoms with Crippen LogP contribution in [0.4, 0.5) is 0 Å². The molecular weight excluding hydrogens is 188 g/mol. The Labute approximate surface area is 81.3 Å². The SMILES string of the molecule is CC(SC(N)=NN)C(=O)NC1CC1. The van der Waals surface area contributed by atoms with Gasteiger partial charge in [0, 0.05) is 6.04 Å². The molecule has 6 heteroatoms. The fourth-order valence-corrected chi connectivity index (χ4v) is 1.41. The van der Waals surface area contributed by atoms with Crippen LogP contribution in [0.5, 0.6) is 0 Å². The Morgan fingerprint density at radius 3 is 2.77 bits per heavy atom. The highest BCUT2D eigenvalue weighted by Crippen LogP contribution is 2.20. The summed E-state index contributed by atoms with van der Waals surface area (Å²) in [5.74, 6) is 4.94. The van der Waals surface area contributed by atoms with Crippen molar-refractivity contribution >= 4 is 22.8 Å². The lowest BCUT2D eigenvalue weighted by atomic mass is 10.4. The summed E-state index contributed by atoms with van der Waals surface area (Å²) in [7, 11) is 0. The highest BCUT2D eigenvalue weighted by Gasteiger charge is 2.26. The van der Waals surface area contributed by atoms with Gasteiger partial charge in [0.05, 0.1) is 5.25 Å². The molecule has 1 fully saturated rings. The summed E-state index contributed by atoms with van der Waals surface area (Å²) in [4.78, 5) is 11.4. The molecule has 13 heavy (non-hydrogen) atoms. The number of hydrazone groups is 1. The van der Waals surface area contributed by atoms with E-state index in [1.807, 2.05) is 0 Å². The van der Waals surface area contributed by atoms with Crippen LogP contribution in [0.15, 0.2) is 5.10 Å². The molecule has 0 aromatic heterocycles. The van der Waals surface area contributed by atoms with Crippen molar-refractivity contribution in [3.8, 4) is 0 Å². The lowest BCUT2D eigenvalue weighted by molar-refractivity contribution is -0.120. The average Bonchev–Trinajstić information content (AvgIpc) is 2.87. The summed E-state index contributed by atoms with van der Waals surface area (Å²) in [5.41, 5.74) is 5.37. The fourth-order valence-electron chi connectivity index (χ4n) is 0.811. The van der Waals surface area contributed by atoms with Crippen molar-refractivity contribution in [2.24, 2.45) is 16.7 Å². The van der Waals surface area contributed by atoms with Crippen molar-refractivity contribution < 1.29 is 4.79 Å². The smallest absolute Gasteiger partial charge is 0.233 e. The highest BCUT2D eigenvalue weighted by atomic mass is 32.2. The highest BCUT2D eigenvalue weighted by molar-refractivity contribution is 8.14. The van der Waals surface area contributed by atoms with Gasteiger partial charge in [-0.25, -0.2) is 0 Å². The number of amidine groups is 1. The molecule has 5 nitrogen and oxygen atoms in total. The fraction of sp³-hybridized carbons (Fsp3) is 0.714. The summed E-state index contributed by atoms with van der Waals surface area (Å²) in [6.45, 7) is 1.78. The lowest BCUT2D eigenvalue weighted by Crippen LogP contribution is -2.34. The molecule has 1 rings (SSSR count). The molecular formula is C7H14N4OS. The quantitative estimate of drug-likeness (QED) is 0.251. The molecule has 5 N–H and O–H groups in total. The maximum Gasteiger partial charge on any atom is 0.233 e. The standard InChI is InChI=1S/C7H14N4OS/c1-4(13-7(8)11-9)6(12)10-5-2-3-5/h4-5H,2-3,9H2,1H3,(H2,8,11)(H,10,12). The van der Waals surface area contributed by atoms with Gasteiger partial charge < -0.3 is 16.9 Å². The maximum atomic E-state index is 11.4. The van der Waals surface area contributed by atoms with Crippen molar-refractivity contribution in [3.05, 3.63) is 0 Å². The Bertz CT molecular complexity index is 227. The molecule has 1 unspecified atom stereocenters. The third kappa shape index (κ3) is 3.54. The second kappa shape index (κ2) is 4.36. The zero-order valence-corrected chi connectivity index (χ0v) is 8.30. The molecule has 1 amide bonds. The molecule has 1 atom stereocenters. The Morgan fingerprint density at radius 2 is 2.31 bits per heavy atom. The van der Waals surface area contributed by atoms with Gasteiger partial charge in [-0.15, -0.1) is 0 Å². The van der Waals surface area contributed by atoms with Crippen LogP contribution in [-0.2, 0) is 4.79 Å². The Hall–Kier alpha value is -0.910. The van der Waals surface area contributed by atoms with Crippen LogP contribution in [0.3, 0.4) is 0 Å². The van der Waals surface area contributed by atoms with E-state index in [1.165, 1.54) is 11.8 Å². The van der Waals surface area contributed by atoms with Gasteiger partial charge in [-0.3, -0.25) is 4.79 Å². The number of hydrogen-bond donors (Lipinski definition) is 3. The van der Waals surface area contributed by atoms with Crippen LogP contribution in [0.25, 0.3) is 0 Å². The summed E-state index contributed by atoms with van der Waals surface area (Å²) >= 11 is 1.17. The molecule has 0 bridgehead atoms. The third-order valence-electron chi connectivity index (χ3n) is 1.72. The number of nitrogens with zero attached hydrogens (tertiary/aromatic N) is 1. The molecule has 0 radical (unpaired) electrons. The van der Waals surface area contributed by atoms with E-state index in [0.29, 0.717) is 6.04 Å². The largest absolute Gasteiger partial charge is 0.377 e. The van der Waals surface area contributed by atoms with Crippen LogP contribution in [0, 0.1) is 0 Å². The van der Waals surface area contributed by atoms with Crippen LogP contribution in [0.2, 0.25) is 0 Å². The van der Waals surface area contributed by atoms with E-state index in [0.717, 1.165) is 12.8 Å². The Balaban J connectivity index is 2.28. The van der Waals surface area contributed by atoms with E-state index in [2.05, 4.69) is 10.4 Å². The lowest BCUT2D eigenvalue weighted by Gasteiger charge is -2.09. The summed E-state index contributed by atoms with van der Waals surface area (Å²) < 4.78 is 0. The number of thioether (sulfide) groups is 1. The van der Waals surface area contributed by atoms with Crippen molar-refractivity contribution in [2.75, 3.05) is 0 Å². The number of carbonyl (C=O) groups excluding carboxylic acids is 1. The summed E-state index contributed by atoms with van der Waals surface area (Å²) in [6.07, 6.45) is 2.17. The van der Waals surface area contributed by atoms with Gasteiger partial charge in [0.1, 0.15) is 0 Å². The minimum atomic E-state index is -0.229. The van der Waals surface area contributed by atoms with Crippen LogP contribution in [0.1, 0.15) is 19.8 Å². The first-order chi connectivity index (χ1) is 6.13. The first-order valence-electron chi connectivity index (χ1n) is 4.14. The number of hydrogen-bond acceptors (Lipinski definition) is 4. The first-order valence-corrected chi connectivity index (χ1v) is 5.02. The predicted octanol–water partition coefficient (Wildman–Crippen LogP) is -0.425. The molecule has 0 spiro atoms. The molecule has 1 saturated carbocycles. The zero-order chi connectivity index (χ0) is 9.84. The molecule has 74 valence electrons. The number of amides is 1. The van der Waals surface area contributed by atoms with Crippen LogP contribution >= 0.6 is 11.8 Å². The summed E-state index contributed by atoms with van der Waals surface area (Å²) in [6, 6.07) is 0.381. The van der Waals surface area contributed by atoms with E-state index in [9.17, 15) is 4.79 Å². The molecule has 0 aliphatic heterocycles. The molecule has 0 heterocycles. The minimum absolute atomic E-state index is 0.000833.